The monoisotopic (exact) mass is 357 g/mol. The molecule has 1 N–H and O–H groups in total. The van der Waals surface area contributed by atoms with Crippen molar-refractivity contribution in [3.8, 4) is 0 Å². The molecule has 3 heteroatoms. The van der Waals surface area contributed by atoms with E-state index < -0.39 is 0 Å². The molecule has 0 radical (unpaired) electrons. The van der Waals surface area contributed by atoms with Gasteiger partial charge in [0.2, 0.25) is 0 Å². The Labute approximate surface area is 137 Å². The summed E-state index contributed by atoms with van der Waals surface area (Å²) in [5, 5.41) is 3.71. The number of halogens is 1. The molecule has 1 aromatic carbocycles. The molecule has 0 heterocycles. The quantitative estimate of drug-likeness (QED) is 0.536. The van der Waals surface area contributed by atoms with Crippen molar-refractivity contribution in [2.75, 3.05) is 12.3 Å². The Bertz CT molecular complexity index is 370. The fourth-order valence-corrected chi connectivity index (χ4v) is 4.05. The number of nitrogens with one attached hydrogen (secondary N) is 1. The summed E-state index contributed by atoms with van der Waals surface area (Å²) in [6.07, 6.45) is 5.12. The van der Waals surface area contributed by atoms with Gasteiger partial charge in [-0.1, -0.05) is 45.7 Å². The molecule has 0 aromatic heterocycles. The van der Waals surface area contributed by atoms with Crippen molar-refractivity contribution in [1.82, 2.24) is 5.32 Å². The SMILES string of the molecule is CCCNC(CSc1ccccc1Br)CC(C)CCC. The molecule has 0 fully saturated rings. The molecule has 1 nitrogen and oxygen atoms in total. The van der Waals surface area contributed by atoms with Crippen LogP contribution < -0.4 is 5.32 Å². The summed E-state index contributed by atoms with van der Waals surface area (Å²) < 4.78 is 1.21. The number of hydrogen-bond acceptors (Lipinski definition) is 2. The highest BCUT2D eigenvalue weighted by Crippen LogP contribution is 2.28. The fourth-order valence-electron chi connectivity index (χ4n) is 2.41. The minimum absolute atomic E-state index is 0.619. The number of benzene rings is 1. The van der Waals surface area contributed by atoms with E-state index in [9.17, 15) is 0 Å². The maximum atomic E-state index is 3.71. The summed E-state index contributed by atoms with van der Waals surface area (Å²) in [5.74, 6) is 1.96. The average Bonchev–Trinajstić information content (AvgIpc) is 2.43. The highest BCUT2D eigenvalue weighted by Gasteiger charge is 2.13. The van der Waals surface area contributed by atoms with Gasteiger partial charge in [-0.05, 0) is 53.4 Å². The summed E-state index contributed by atoms with van der Waals surface area (Å²) >= 11 is 5.59. The minimum atomic E-state index is 0.619. The molecule has 0 spiro atoms. The van der Waals surface area contributed by atoms with E-state index in [1.807, 2.05) is 11.8 Å². The highest BCUT2D eigenvalue weighted by atomic mass is 79.9. The van der Waals surface area contributed by atoms with Gasteiger partial charge in [0.05, 0.1) is 0 Å². The number of rotatable bonds is 10. The zero-order chi connectivity index (χ0) is 14.8. The van der Waals surface area contributed by atoms with E-state index in [1.165, 1.54) is 35.1 Å². The Morgan fingerprint density at radius 2 is 1.95 bits per heavy atom. The van der Waals surface area contributed by atoms with Gasteiger partial charge in [0, 0.05) is 21.2 Å². The van der Waals surface area contributed by atoms with Crippen LogP contribution in [0.25, 0.3) is 0 Å². The number of hydrogen-bond donors (Lipinski definition) is 1. The molecule has 0 saturated carbocycles. The van der Waals surface area contributed by atoms with E-state index >= 15 is 0 Å². The molecular weight excluding hydrogens is 330 g/mol. The Balaban J connectivity index is 2.49. The van der Waals surface area contributed by atoms with E-state index in [1.54, 1.807) is 0 Å². The van der Waals surface area contributed by atoms with Crippen molar-refractivity contribution in [3.63, 3.8) is 0 Å². The third-order valence-corrected chi connectivity index (χ3v) is 5.62. The van der Waals surface area contributed by atoms with Crippen LogP contribution in [0.5, 0.6) is 0 Å². The Morgan fingerprint density at radius 3 is 2.60 bits per heavy atom. The molecule has 0 amide bonds. The van der Waals surface area contributed by atoms with Gasteiger partial charge >= 0.3 is 0 Å². The van der Waals surface area contributed by atoms with E-state index in [4.69, 9.17) is 0 Å². The van der Waals surface area contributed by atoms with Gasteiger partial charge in [-0.15, -0.1) is 11.8 Å². The molecule has 20 heavy (non-hydrogen) atoms. The largest absolute Gasteiger partial charge is 0.313 e. The van der Waals surface area contributed by atoms with Gasteiger partial charge in [-0.2, -0.15) is 0 Å². The summed E-state index contributed by atoms with van der Waals surface area (Å²) in [6, 6.07) is 9.12. The zero-order valence-electron chi connectivity index (χ0n) is 13.0. The first-order chi connectivity index (χ1) is 9.67. The van der Waals surface area contributed by atoms with Gasteiger partial charge in [0.25, 0.3) is 0 Å². The van der Waals surface area contributed by atoms with Crippen LogP contribution in [0.15, 0.2) is 33.6 Å². The van der Waals surface area contributed by atoms with E-state index in [0.717, 1.165) is 18.2 Å². The average molecular weight is 358 g/mol. The molecule has 1 rings (SSSR count). The van der Waals surface area contributed by atoms with Crippen molar-refractivity contribution in [2.45, 2.75) is 57.4 Å². The van der Waals surface area contributed by atoms with Gasteiger partial charge in [0.15, 0.2) is 0 Å². The van der Waals surface area contributed by atoms with Crippen molar-refractivity contribution < 1.29 is 0 Å². The van der Waals surface area contributed by atoms with Crippen LogP contribution in [-0.2, 0) is 0 Å². The third kappa shape index (κ3) is 7.14. The second-order valence-corrected chi connectivity index (χ2v) is 7.44. The van der Waals surface area contributed by atoms with Crippen LogP contribution in [0, 0.1) is 5.92 Å². The molecule has 0 aliphatic rings. The smallest absolute Gasteiger partial charge is 0.0311 e. The van der Waals surface area contributed by atoms with Crippen molar-refractivity contribution in [1.29, 1.82) is 0 Å². The van der Waals surface area contributed by atoms with Crippen molar-refractivity contribution >= 4 is 27.7 Å². The molecule has 2 atom stereocenters. The van der Waals surface area contributed by atoms with Crippen molar-refractivity contribution in [3.05, 3.63) is 28.7 Å². The van der Waals surface area contributed by atoms with Gasteiger partial charge in [-0.3, -0.25) is 0 Å². The van der Waals surface area contributed by atoms with Crippen LogP contribution >= 0.6 is 27.7 Å². The maximum absolute atomic E-state index is 3.71. The summed E-state index contributed by atoms with van der Waals surface area (Å²) in [4.78, 5) is 1.35. The first-order valence-corrected chi connectivity index (χ1v) is 9.55. The van der Waals surface area contributed by atoms with Crippen LogP contribution in [-0.4, -0.2) is 18.3 Å². The first kappa shape index (κ1) is 18.1. The minimum Gasteiger partial charge on any atom is -0.313 e. The zero-order valence-corrected chi connectivity index (χ0v) is 15.4. The molecule has 1 aromatic rings. The normalized spacial score (nSPS) is 14.2. The molecule has 0 saturated heterocycles. The lowest BCUT2D eigenvalue weighted by molar-refractivity contribution is 0.404. The molecule has 114 valence electrons. The predicted octanol–water partition coefficient (Wildman–Crippen LogP) is 5.74. The lowest BCUT2D eigenvalue weighted by Crippen LogP contribution is -2.33. The maximum Gasteiger partial charge on any atom is 0.0311 e. The molecule has 0 aliphatic heterocycles. The van der Waals surface area contributed by atoms with Crippen LogP contribution in [0.4, 0.5) is 0 Å². The summed E-state index contributed by atoms with van der Waals surface area (Å²) in [6.45, 7) is 8.02. The Kier molecular flexibility index (Phi) is 9.66. The van der Waals surface area contributed by atoms with Crippen LogP contribution in [0.1, 0.15) is 46.5 Å². The standard InChI is InChI=1S/C17H28BrNS/c1-4-8-14(3)12-15(19-11-5-2)13-20-17-10-7-6-9-16(17)18/h6-7,9-10,14-15,19H,4-5,8,11-13H2,1-3H3. The molecular formula is C17H28BrNS. The first-order valence-electron chi connectivity index (χ1n) is 7.78. The predicted molar refractivity (Wildman–Crippen MR) is 95.6 cm³/mol. The Morgan fingerprint density at radius 1 is 1.20 bits per heavy atom. The van der Waals surface area contributed by atoms with E-state index in [0.29, 0.717) is 6.04 Å². The van der Waals surface area contributed by atoms with Gasteiger partial charge in [-0.25, -0.2) is 0 Å². The molecule has 2 unspecified atom stereocenters. The fraction of sp³-hybridized carbons (Fsp3) is 0.647. The molecule has 0 aliphatic carbocycles. The highest BCUT2D eigenvalue weighted by molar-refractivity contribution is 9.10. The van der Waals surface area contributed by atoms with E-state index in [2.05, 4.69) is 66.3 Å². The van der Waals surface area contributed by atoms with Crippen LogP contribution in [0.3, 0.4) is 0 Å². The summed E-state index contributed by atoms with van der Waals surface area (Å²) in [5.41, 5.74) is 0. The van der Waals surface area contributed by atoms with E-state index in [-0.39, 0.29) is 0 Å². The third-order valence-electron chi connectivity index (χ3n) is 3.43. The summed E-state index contributed by atoms with van der Waals surface area (Å²) in [7, 11) is 0. The van der Waals surface area contributed by atoms with Gasteiger partial charge in [0.1, 0.15) is 0 Å². The lowest BCUT2D eigenvalue weighted by atomic mass is 9.98. The second kappa shape index (κ2) is 10.7. The van der Waals surface area contributed by atoms with Crippen molar-refractivity contribution in [2.24, 2.45) is 5.92 Å². The van der Waals surface area contributed by atoms with Gasteiger partial charge < -0.3 is 5.32 Å². The Hall–Kier alpha value is 0.01000. The lowest BCUT2D eigenvalue weighted by Gasteiger charge is -2.22. The van der Waals surface area contributed by atoms with Crippen LogP contribution in [0.2, 0.25) is 0 Å². The topological polar surface area (TPSA) is 12.0 Å². The molecule has 0 bridgehead atoms. The second-order valence-electron chi connectivity index (χ2n) is 5.52. The number of thioether (sulfide) groups is 1.